The number of ether oxygens (including phenoxy) is 2. The molecule has 0 unspecified atom stereocenters. The van der Waals surface area contributed by atoms with E-state index < -0.39 is 16.9 Å². The lowest BCUT2D eigenvalue weighted by molar-refractivity contribution is -0.384. The highest BCUT2D eigenvalue weighted by Gasteiger charge is 2.26. The Labute approximate surface area is 155 Å². The van der Waals surface area contributed by atoms with E-state index in [1.807, 2.05) is 0 Å². The van der Waals surface area contributed by atoms with Gasteiger partial charge in [-0.2, -0.15) is 0 Å². The van der Waals surface area contributed by atoms with Gasteiger partial charge in [0.05, 0.1) is 30.3 Å². The molecule has 2 aromatic rings. The highest BCUT2D eigenvalue weighted by molar-refractivity contribution is 6.04. The summed E-state index contributed by atoms with van der Waals surface area (Å²) in [4.78, 5) is 34.5. The van der Waals surface area contributed by atoms with Crippen molar-refractivity contribution >= 4 is 17.6 Å². The van der Waals surface area contributed by atoms with Crippen LogP contribution in [0.3, 0.4) is 0 Å². The predicted molar refractivity (Wildman–Crippen MR) is 96.7 cm³/mol. The van der Waals surface area contributed by atoms with E-state index in [0.29, 0.717) is 25.1 Å². The zero-order valence-corrected chi connectivity index (χ0v) is 15.1. The van der Waals surface area contributed by atoms with Gasteiger partial charge in [0, 0.05) is 37.0 Å². The number of hydrogen-bond donors (Lipinski definition) is 1. The zero-order chi connectivity index (χ0) is 20.0. The number of aromatic nitrogens is 1. The molecule has 0 aliphatic carbocycles. The Morgan fingerprint density at radius 2 is 1.74 bits per heavy atom. The maximum atomic E-state index is 12.2. The number of hydrogen-bond acceptors (Lipinski definition) is 7. The minimum atomic E-state index is -0.636. The van der Waals surface area contributed by atoms with Gasteiger partial charge >= 0.3 is 11.9 Å². The van der Waals surface area contributed by atoms with Gasteiger partial charge in [-0.05, 0) is 18.5 Å². The topological polar surface area (TPSA) is 127 Å². The summed E-state index contributed by atoms with van der Waals surface area (Å²) in [6.07, 6.45) is 2.47. The number of non-ortho nitro benzene ring substituents is 1. The number of carbonyl (C=O) groups is 2. The number of benzene rings is 1. The van der Waals surface area contributed by atoms with Gasteiger partial charge in [0.1, 0.15) is 0 Å². The predicted octanol–water partition coefficient (Wildman–Crippen LogP) is 1.71. The average Bonchev–Trinajstić information content (AvgIpc) is 3.04. The van der Waals surface area contributed by atoms with Crippen molar-refractivity contribution in [3.8, 4) is 0 Å². The van der Waals surface area contributed by atoms with Crippen LogP contribution in [0, 0.1) is 10.1 Å². The van der Waals surface area contributed by atoms with Gasteiger partial charge in [0.2, 0.25) is 0 Å². The van der Waals surface area contributed by atoms with E-state index in [1.165, 1.54) is 26.4 Å². The number of carbonyl (C=O) groups excluding carboxylic acids is 2. The number of rotatable bonds is 8. The van der Waals surface area contributed by atoms with Gasteiger partial charge in [0.15, 0.2) is 0 Å². The van der Waals surface area contributed by atoms with Crippen LogP contribution < -0.4 is 5.73 Å². The first-order valence-corrected chi connectivity index (χ1v) is 8.25. The van der Waals surface area contributed by atoms with Crippen LogP contribution in [0.1, 0.15) is 32.0 Å². The summed E-state index contributed by atoms with van der Waals surface area (Å²) < 4.78 is 11.3. The third-order valence-corrected chi connectivity index (χ3v) is 4.15. The molecule has 9 heteroatoms. The fourth-order valence-electron chi connectivity index (χ4n) is 2.83. The molecule has 0 saturated carbocycles. The first-order chi connectivity index (χ1) is 12.9. The largest absolute Gasteiger partial charge is 0.465 e. The van der Waals surface area contributed by atoms with E-state index in [9.17, 15) is 19.7 Å². The monoisotopic (exact) mass is 375 g/mol. The molecule has 0 saturated heterocycles. The molecule has 1 heterocycles. The van der Waals surface area contributed by atoms with E-state index in [2.05, 4.69) is 0 Å². The van der Waals surface area contributed by atoms with Crippen molar-refractivity contribution in [2.75, 3.05) is 20.8 Å². The molecule has 2 N–H and O–H groups in total. The molecule has 0 radical (unpaired) electrons. The lowest BCUT2D eigenvalue weighted by Crippen LogP contribution is -2.15. The number of nitro groups is 1. The van der Waals surface area contributed by atoms with Crippen LogP contribution in [0.25, 0.3) is 0 Å². The first-order valence-electron chi connectivity index (χ1n) is 8.25. The van der Waals surface area contributed by atoms with Crippen molar-refractivity contribution in [1.82, 2.24) is 4.57 Å². The van der Waals surface area contributed by atoms with Crippen molar-refractivity contribution in [3.63, 3.8) is 0 Å². The SMILES string of the molecule is COC(=O)c1cn(CCc2ccc([N+](=O)[O-])cc2)c(CCN)c1C(=O)OC. The average molecular weight is 375 g/mol. The second-order valence-electron chi connectivity index (χ2n) is 5.75. The summed E-state index contributed by atoms with van der Waals surface area (Å²) in [6, 6.07) is 6.22. The second kappa shape index (κ2) is 8.95. The highest BCUT2D eigenvalue weighted by Crippen LogP contribution is 2.22. The molecular weight excluding hydrogens is 354 g/mol. The summed E-state index contributed by atoms with van der Waals surface area (Å²) in [5.41, 5.74) is 7.43. The van der Waals surface area contributed by atoms with Crippen LogP contribution in [-0.4, -0.2) is 42.2 Å². The molecular formula is C18H21N3O6. The van der Waals surface area contributed by atoms with E-state index in [0.717, 1.165) is 5.56 Å². The minimum Gasteiger partial charge on any atom is -0.465 e. The summed E-state index contributed by atoms with van der Waals surface area (Å²) in [7, 11) is 2.48. The first kappa shape index (κ1) is 20.1. The Morgan fingerprint density at radius 3 is 2.26 bits per heavy atom. The second-order valence-corrected chi connectivity index (χ2v) is 5.75. The van der Waals surface area contributed by atoms with Crippen LogP contribution in [0.2, 0.25) is 0 Å². The van der Waals surface area contributed by atoms with Crippen LogP contribution in [0.5, 0.6) is 0 Å². The van der Waals surface area contributed by atoms with E-state index >= 15 is 0 Å². The van der Waals surface area contributed by atoms with Gasteiger partial charge in [0.25, 0.3) is 5.69 Å². The van der Waals surface area contributed by atoms with Gasteiger partial charge in [-0.15, -0.1) is 0 Å². The Balaban J connectivity index is 2.34. The summed E-state index contributed by atoms with van der Waals surface area (Å²) in [6.45, 7) is 0.736. The number of esters is 2. The molecule has 0 bridgehead atoms. The third-order valence-electron chi connectivity index (χ3n) is 4.15. The van der Waals surface area contributed by atoms with E-state index in [4.69, 9.17) is 15.2 Å². The van der Waals surface area contributed by atoms with Crippen LogP contribution >= 0.6 is 0 Å². The Hall–Kier alpha value is -3.20. The van der Waals surface area contributed by atoms with Gasteiger partial charge < -0.3 is 19.8 Å². The normalized spacial score (nSPS) is 10.5. The minimum absolute atomic E-state index is 0.0180. The molecule has 0 spiro atoms. The van der Waals surface area contributed by atoms with Crippen molar-refractivity contribution in [2.45, 2.75) is 19.4 Å². The number of aryl methyl sites for hydroxylation is 2. The maximum Gasteiger partial charge on any atom is 0.340 e. The van der Waals surface area contributed by atoms with Gasteiger partial charge in [-0.1, -0.05) is 12.1 Å². The number of nitrogens with two attached hydrogens (primary N) is 1. The molecule has 9 nitrogen and oxygen atoms in total. The van der Waals surface area contributed by atoms with E-state index in [-0.39, 0.29) is 23.4 Å². The van der Waals surface area contributed by atoms with Gasteiger partial charge in [-0.3, -0.25) is 10.1 Å². The molecule has 144 valence electrons. The molecule has 0 fully saturated rings. The lowest BCUT2D eigenvalue weighted by Gasteiger charge is -2.10. The molecule has 0 aliphatic heterocycles. The van der Waals surface area contributed by atoms with Crippen molar-refractivity contribution < 1.29 is 24.0 Å². The standard InChI is InChI=1S/C18H21N3O6/c1-26-17(22)14-11-20(15(7-9-19)16(14)18(23)27-2)10-8-12-3-5-13(6-4-12)21(24)25/h3-6,11H,7-10,19H2,1-2H3. The number of nitro benzene ring substituents is 1. The molecule has 0 amide bonds. The fraction of sp³-hybridized carbons (Fsp3) is 0.333. The zero-order valence-electron chi connectivity index (χ0n) is 15.1. The molecule has 0 atom stereocenters. The molecule has 1 aromatic carbocycles. The molecule has 2 rings (SSSR count). The fourth-order valence-corrected chi connectivity index (χ4v) is 2.83. The molecule has 27 heavy (non-hydrogen) atoms. The highest BCUT2D eigenvalue weighted by atomic mass is 16.6. The number of methoxy groups -OCH3 is 2. The maximum absolute atomic E-state index is 12.2. The van der Waals surface area contributed by atoms with Crippen molar-refractivity contribution in [1.29, 1.82) is 0 Å². The Bertz CT molecular complexity index is 842. The Morgan fingerprint density at radius 1 is 1.11 bits per heavy atom. The van der Waals surface area contributed by atoms with Crippen LogP contribution in [-0.2, 0) is 28.9 Å². The Kier molecular flexibility index (Phi) is 6.67. The molecule has 1 aromatic heterocycles. The third kappa shape index (κ3) is 4.50. The number of nitrogens with zero attached hydrogens (tertiary/aromatic N) is 2. The molecule has 0 aliphatic rings. The van der Waals surface area contributed by atoms with Crippen molar-refractivity contribution in [3.05, 3.63) is 63.0 Å². The lowest BCUT2D eigenvalue weighted by atomic mass is 10.1. The van der Waals surface area contributed by atoms with Crippen LogP contribution in [0.15, 0.2) is 30.5 Å². The summed E-state index contributed by atoms with van der Waals surface area (Å²) in [5, 5.41) is 10.7. The smallest absolute Gasteiger partial charge is 0.340 e. The summed E-state index contributed by atoms with van der Waals surface area (Å²) in [5.74, 6) is -1.27. The van der Waals surface area contributed by atoms with Crippen LogP contribution in [0.4, 0.5) is 5.69 Å². The van der Waals surface area contributed by atoms with Crippen molar-refractivity contribution in [2.24, 2.45) is 5.73 Å². The van der Waals surface area contributed by atoms with E-state index in [1.54, 1.807) is 22.9 Å². The summed E-state index contributed by atoms with van der Waals surface area (Å²) >= 11 is 0. The quantitative estimate of drug-likeness (QED) is 0.423. The van der Waals surface area contributed by atoms with Gasteiger partial charge in [-0.25, -0.2) is 9.59 Å².